The van der Waals surface area contributed by atoms with Crippen molar-refractivity contribution >= 4 is 60.6 Å². The van der Waals surface area contributed by atoms with E-state index in [1.54, 1.807) is 12.3 Å². The summed E-state index contributed by atoms with van der Waals surface area (Å²) >= 11 is 13.3. The molecular weight excluding hydrogens is 622 g/mol. The first kappa shape index (κ1) is 27.4. The molecule has 192 valence electrons. The molecular formula is C28H26Br2ClN3O3. The van der Waals surface area contributed by atoms with Crippen LogP contribution in [-0.4, -0.2) is 22.5 Å². The third kappa shape index (κ3) is 6.25. The van der Waals surface area contributed by atoms with Crippen molar-refractivity contribution in [3.8, 4) is 11.5 Å². The summed E-state index contributed by atoms with van der Waals surface area (Å²) in [5.41, 5.74) is 2.03. The molecule has 4 rings (SSSR count). The van der Waals surface area contributed by atoms with Gasteiger partial charge in [0.05, 0.1) is 23.7 Å². The Morgan fingerprint density at radius 2 is 1.84 bits per heavy atom. The number of benzene rings is 3. The lowest BCUT2D eigenvalue weighted by Crippen LogP contribution is -2.23. The molecule has 6 nitrogen and oxygen atoms in total. The third-order valence-electron chi connectivity index (χ3n) is 5.90. The number of ether oxygens (including phenoxy) is 2. The standard InChI is InChI=1S/C28H26Br2ClN3O3/c1-4-17(3)27-33-24-11-10-20(29)13-21(24)28(35)34(27)32-15-19-12-25(36-5-2)26(14-22(19)30)37-16-18-8-6-7-9-23(18)31/h6-15,17H,4-5,16H2,1-3H3/t17-/m1/s1. The van der Waals surface area contributed by atoms with Crippen LogP contribution in [0, 0.1) is 0 Å². The quantitative estimate of drug-likeness (QED) is 0.173. The molecule has 4 aromatic rings. The van der Waals surface area contributed by atoms with E-state index in [9.17, 15) is 4.79 Å². The number of halogens is 3. The summed E-state index contributed by atoms with van der Waals surface area (Å²) in [4.78, 5) is 18.2. The van der Waals surface area contributed by atoms with Crippen molar-refractivity contribution in [2.45, 2.75) is 39.7 Å². The van der Waals surface area contributed by atoms with Crippen LogP contribution in [-0.2, 0) is 6.61 Å². The van der Waals surface area contributed by atoms with Crippen molar-refractivity contribution in [3.05, 3.63) is 95.9 Å². The smallest absolute Gasteiger partial charge is 0.282 e. The van der Waals surface area contributed by atoms with E-state index in [0.29, 0.717) is 46.5 Å². The van der Waals surface area contributed by atoms with Crippen LogP contribution in [0.25, 0.3) is 10.9 Å². The van der Waals surface area contributed by atoms with Gasteiger partial charge < -0.3 is 9.47 Å². The van der Waals surface area contributed by atoms with Crippen molar-refractivity contribution < 1.29 is 9.47 Å². The van der Waals surface area contributed by atoms with Crippen LogP contribution in [0.1, 0.15) is 50.1 Å². The lowest BCUT2D eigenvalue weighted by atomic mass is 10.1. The first-order valence-electron chi connectivity index (χ1n) is 11.9. The Kier molecular flexibility index (Phi) is 9.05. The molecule has 0 unspecified atom stereocenters. The van der Waals surface area contributed by atoms with Gasteiger partial charge in [0, 0.05) is 31.0 Å². The maximum Gasteiger partial charge on any atom is 0.282 e. The second-order valence-corrected chi connectivity index (χ2v) is 10.6. The lowest BCUT2D eigenvalue weighted by Gasteiger charge is -2.15. The number of hydrogen-bond donors (Lipinski definition) is 0. The number of hydrogen-bond acceptors (Lipinski definition) is 5. The fourth-order valence-corrected chi connectivity index (χ4v) is 4.68. The summed E-state index contributed by atoms with van der Waals surface area (Å²) in [5.74, 6) is 1.79. The predicted octanol–water partition coefficient (Wildman–Crippen LogP) is 7.95. The van der Waals surface area contributed by atoms with Gasteiger partial charge in [-0.15, -0.1) is 0 Å². The molecule has 9 heteroatoms. The molecule has 3 aromatic carbocycles. The van der Waals surface area contributed by atoms with E-state index in [1.165, 1.54) is 4.68 Å². The molecule has 0 aliphatic rings. The highest BCUT2D eigenvalue weighted by Gasteiger charge is 2.16. The van der Waals surface area contributed by atoms with Crippen LogP contribution in [0.4, 0.5) is 0 Å². The summed E-state index contributed by atoms with van der Waals surface area (Å²) in [6.45, 7) is 6.76. The monoisotopic (exact) mass is 645 g/mol. The highest BCUT2D eigenvalue weighted by Crippen LogP contribution is 2.34. The Hall–Kier alpha value is -2.68. The molecule has 1 heterocycles. The summed E-state index contributed by atoms with van der Waals surface area (Å²) in [6.07, 6.45) is 2.45. The van der Waals surface area contributed by atoms with E-state index in [0.717, 1.165) is 26.5 Å². The van der Waals surface area contributed by atoms with Crippen LogP contribution in [0.15, 0.2) is 73.4 Å². The maximum atomic E-state index is 13.4. The van der Waals surface area contributed by atoms with E-state index in [-0.39, 0.29) is 11.5 Å². The van der Waals surface area contributed by atoms with Gasteiger partial charge in [-0.1, -0.05) is 59.6 Å². The van der Waals surface area contributed by atoms with Crippen LogP contribution in [0.5, 0.6) is 11.5 Å². The minimum atomic E-state index is -0.223. The van der Waals surface area contributed by atoms with Gasteiger partial charge in [-0.3, -0.25) is 4.79 Å². The SMILES string of the molecule is CCOc1cc(C=Nn2c([C@H](C)CC)nc3ccc(Br)cc3c2=O)c(Br)cc1OCc1ccccc1Cl. The first-order valence-corrected chi connectivity index (χ1v) is 13.9. The Bertz CT molecular complexity index is 1520. The molecule has 37 heavy (non-hydrogen) atoms. The van der Waals surface area contributed by atoms with Gasteiger partial charge >= 0.3 is 0 Å². The Morgan fingerprint density at radius 1 is 1.08 bits per heavy atom. The second kappa shape index (κ2) is 12.2. The third-order valence-corrected chi connectivity index (χ3v) is 7.45. The van der Waals surface area contributed by atoms with Gasteiger partial charge in [0.25, 0.3) is 5.56 Å². The average Bonchev–Trinajstić information content (AvgIpc) is 2.89. The fourth-order valence-electron chi connectivity index (χ4n) is 3.70. The van der Waals surface area contributed by atoms with Crippen molar-refractivity contribution in [2.75, 3.05) is 6.61 Å². The van der Waals surface area contributed by atoms with Crippen molar-refractivity contribution in [3.63, 3.8) is 0 Å². The van der Waals surface area contributed by atoms with Crippen LogP contribution < -0.4 is 15.0 Å². The van der Waals surface area contributed by atoms with Crippen molar-refractivity contribution in [2.24, 2.45) is 5.10 Å². The van der Waals surface area contributed by atoms with E-state index in [4.69, 9.17) is 26.1 Å². The summed E-state index contributed by atoms with van der Waals surface area (Å²) in [6, 6.07) is 16.7. The fraction of sp³-hybridized carbons (Fsp3) is 0.250. The van der Waals surface area contributed by atoms with E-state index in [1.807, 2.05) is 62.4 Å². The molecule has 0 bridgehead atoms. The molecule has 0 aliphatic heterocycles. The van der Waals surface area contributed by atoms with E-state index in [2.05, 4.69) is 43.9 Å². The van der Waals surface area contributed by atoms with Gasteiger partial charge in [0.15, 0.2) is 11.5 Å². The van der Waals surface area contributed by atoms with Crippen molar-refractivity contribution in [1.82, 2.24) is 9.66 Å². The van der Waals surface area contributed by atoms with Crippen molar-refractivity contribution in [1.29, 1.82) is 0 Å². The average molecular weight is 648 g/mol. The van der Waals surface area contributed by atoms with Gasteiger partial charge in [0.2, 0.25) is 0 Å². The van der Waals surface area contributed by atoms with Gasteiger partial charge in [0.1, 0.15) is 12.4 Å². The molecule has 0 radical (unpaired) electrons. The minimum Gasteiger partial charge on any atom is -0.490 e. The molecule has 0 spiro atoms. The zero-order valence-electron chi connectivity index (χ0n) is 20.7. The summed E-state index contributed by atoms with van der Waals surface area (Å²) < 4.78 is 14.8. The Labute approximate surface area is 237 Å². The Balaban J connectivity index is 1.73. The van der Waals surface area contributed by atoms with Gasteiger partial charge in [-0.25, -0.2) is 4.98 Å². The molecule has 0 amide bonds. The van der Waals surface area contributed by atoms with Gasteiger partial charge in [-0.05, 0) is 65.7 Å². The Morgan fingerprint density at radius 3 is 2.57 bits per heavy atom. The molecule has 0 N–H and O–H groups in total. The second-order valence-electron chi connectivity index (χ2n) is 8.44. The first-order chi connectivity index (χ1) is 17.8. The number of fused-ring (bicyclic) bond motifs is 1. The highest BCUT2D eigenvalue weighted by atomic mass is 79.9. The predicted molar refractivity (Wildman–Crippen MR) is 156 cm³/mol. The largest absolute Gasteiger partial charge is 0.490 e. The van der Waals surface area contributed by atoms with Crippen LogP contribution in [0.2, 0.25) is 5.02 Å². The summed E-state index contributed by atoms with van der Waals surface area (Å²) in [5, 5.41) is 5.72. The molecule has 1 atom stereocenters. The zero-order valence-corrected chi connectivity index (χ0v) is 24.6. The highest BCUT2D eigenvalue weighted by molar-refractivity contribution is 9.10. The maximum absolute atomic E-state index is 13.4. The van der Waals surface area contributed by atoms with E-state index < -0.39 is 0 Å². The molecule has 1 aromatic heterocycles. The van der Waals surface area contributed by atoms with Crippen LogP contribution in [0.3, 0.4) is 0 Å². The zero-order chi connectivity index (χ0) is 26.5. The number of rotatable bonds is 9. The molecule has 0 fully saturated rings. The molecule has 0 aliphatic carbocycles. The number of nitrogens with zero attached hydrogens (tertiary/aromatic N) is 3. The number of aromatic nitrogens is 2. The normalized spacial score (nSPS) is 12.3. The lowest BCUT2D eigenvalue weighted by molar-refractivity contribution is 0.269. The molecule has 0 saturated heterocycles. The van der Waals surface area contributed by atoms with Crippen LogP contribution >= 0.6 is 43.5 Å². The summed E-state index contributed by atoms with van der Waals surface area (Å²) in [7, 11) is 0. The minimum absolute atomic E-state index is 0.0425. The molecule has 0 saturated carbocycles. The topological polar surface area (TPSA) is 65.7 Å². The van der Waals surface area contributed by atoms with E-state index >= 15 is 0 Å². The van der Waals surface area contributed by atoms with Gasteiger partial charge in [-0.2, -0.15) is 9.78 Å².